The van der Waals surface area contributed by atoms with Gasteiger partial charge in [-0.1, -0.05) is 29.4 Å². The molecule has 0 aliphatic heterocycles. The second kappa shape index (κ2) is 6.17. The molecule has 5 heteroatoms. The van der Waals surface area contributed by atoms with E-state index in [2.05, 4.69) is 10.5 Å². The third kappa shape index (κ3) is 3.25. The number of nitrogens with one attached hydrogen (secondary N) is 1. The van der Waals surface area contributed by atoms with Crippen LogP contribution in [0.3, 0.4) is 0 Å². The Morgan fingerprint density at radius 2 is 1.95 bits per heavy atom. The van der Waals surface area contributed by atoms with Gasteiger partial charge in [0.05, 0.1) is 11.4 Å². The molecule has 4 nitrogen and oxygen atoms in total. The number of amides is 1. The maximum Gasteiger partial charge on any atom is 0.255 e. The molecule has 0 aliphatic carbocycles. The predicted octanol–water partition coefficient (Wildman–Crippen LogP) is 3.58. The maximum absolute atomic E-state index is 13.5. The number of nitrogens with zero attached hydrogens (tertiary/aromatic N) is 1. The van der Waals surface area contributed by atoms with E-state index in [1.165, 1.54) is 6.07 Å². The minimum absolute atomic E-state index is 0.228. The van der Waals surface area contributed by atoms with Gasteiger partial charge < -0.3 is 10.5 Å². The summed E-state index contributed by atoms with van der Waals surface area (Å²) in [5.41, 5.74) is 2.18. The number of hydrogen-bond acceptors (Lipinski definition) is 3. The van der Waals surface area contributed by atoms with Crippen LogP contribution in [-0.4, -0.2) is 16.8 Å². The molecule has 2 aromatic carbocycles. The van der Waals surface area contributed by atoms with Crippen LogP contribution in [0.25, 0.3) is 0 Å². The average molecular weight is 286 g/mol. The fourth-order valence-electron chi connectivity index (χ4n) is 1.89. The molecule has 0 aromatic heterocycles. The Bertz CT molecular complexity index is 711. The summed E-state index contributed by atoms with van der Waals surface area (Å²) in [6, 6.07) is 11.2. The molecule has 0 radical (unpaired) electrons. The highest BCUT2D eigenvalue weighted by Gasteiger charge is 2.12. The van der Waals surface area contributed by atoms with E-state index in [0.29, 0.717) is 22.5 Å². The molecule has 108 valence electrons. The molecule has 0 saturated heterocycles. The lowest BCUT2D eigenvalue weighted by molar-refractivity contribution is 0.102. The number of oxime groups is 1. The Labute approximate surface area is 121 Å². The van der Waals surface area contributed by atoms with E-state index in [-0.39, 0.29) is 5.56 Å². The van der Waals surface area contributed by atoms with Gasteiger partial charge in [-0.2, -0.15) is 0 Å². The van der Waals surface area contributed by atoms with Crippen molar-refractivity contribution in [2.45, 2.75) is 13.8 Å². The van der Waals surface area contributed by atoms with Crippen molar-refractivity contribution < 1.29 is 14.4 Å². The molecule has 0 atom stereocenters. The first-order valence-electron chi connectivity index (χ1n) is 6.38. The first kappa shape index (κ1) is 14.7. The van der Waals surface area contributed by atoms with Crippen LogP contribution in [0.4, 0.5) is 10.1 Å². The molecule has 0 spiro atoms. The summed E-state index contributed by atoms with van der Waals surface area (Å²) in [5, 5.41) is 14.7. The highest BCUT2D eigenvalue weighted by molar-refractivity contribution is 6.10. The lowest BCUT2D eigenvalue weighted by atomic mass is 10.1. The van der Waals surface area contributed by atoms with Crippen LogP contribution in [0.1, 0.15) is 28.4 Å². The fourth-order valence-corrected chi connectivity index (χ4v) is 1.89. The summed E-state index contributed by atoms with van der Waals surface area (Å²) in [7, 11) is 0. The zero-order valence-electron chi connectivity index (χ0n) is 11.7. The summed E-state index contributed by atoms with van der Waals surface area (Å²) in [4.78, 5) is 12.2. The van der Waals surface area contributed by atoms with Crippen molar-refractivity contribution in [1.29, 1.82) is 0 Å². The Morgan fingerprint density at radius 3 is 2.62 bits per heavy atom. The molecule has 0 aliphatic rings. The minimum Gasteiger partial charge on any atom is -0.411 e. The Kier molecular flexibility index (Phi) is 4.33. The Balaban J connectivity index is 2.30. The Morgan fingerprint density at radius 1 is 1.24 bits per heavy atom. The van der Waals surface area contributed by atoms with Gasteiger partial charge in [0.15, 0.2) is 0 Å². The number of para-hydroxylation sites is 1. The average Bonchev–Trinajstić information content (AvgIpc) is 2.49. The zero-order chi connectivity index (χ0) is 15.4. The number of benzene rings is 2. The molecular formula is C16H15FN2O2. The zero-order valence-corrected chi connectivity index (χ0v) is 11.7. The normalized spacial score (nSPS) is 11.3. The highest BCUT2D eigenvalue weighted by Crippen LogP contribution is 2.18. The van der Waals surface area contributed by atoms with E-state index in [9.17, 15) is 9.18 Å². The predicted molar refractivity (Wildman–Crippen MR) is 79.5 cm³/mol. The van der Waals surface area contributed by atoms with Crippen molar-refractivity contribution in [1.82, 2.24) is 0 Å². The van der Waals surface area contributed by atoms with Crippen molar-refractivity contribution in [2.75, 3.05) is 5.32 Å². The Hall–Kier alpha value is -2.69. The van der Waals surface area contributed by atoms with Crippen LogP contribution in [0.5, 0.6) is 0 Å². The molecule has 0 heterocycles. The number of aryl methyl sites for hydroxylation is 1. The summed E-state index contributed by atoms with van der Waals surface area (Å²) >= 11 is 0. The molecule has 0 saturated carbocycles. The van der Waals surface area contributed by atoms with Gasteiger partial charge in [-0.15, -0.1) is 0 Å². The van der Waals surface area contributed by atoms with Crippen LogP contribution >= 0.6 is 0 Å². The third-order valence-electron chi connectivity index (χ3n) is 3.15. The molecular weight excluding hydrogens is 271 g/mol. The number of rotatable bonds is 3. The standard InChI is InChI=1S/C16H15FN2O2/c1-10-7-8-12(9-14(10)17)16(20)18-15-6-4-3-5-13(15)11(2)19-21/h3-9,21H,1-2H3,(H,18,20)/b19-11+. The van der Waals surface area contributed by atoms with Gasteiger partial charge in [-0.05, 0) is 37.6 Å². The number of hydrogen-bond donors (Lipinski definition) is 2. The fraction of sp³-hybridized carbons (Fsp3) is 0.125. The molecule has 2 aromatic rings. The van der Waals surface area contributed by atoms with Gasteiger partial charge >= 0.3 is 0 Å². The van der Waals surface area contributed by atoms with Crippen molar-refractivity contribution in [3.8, 4) is 0 Å². The summed E-state index contributed by atoms with van der Waals surface area (Å²) < 4.78 is 13.5. The molecule has 0 fully saturated rings. The summed E-state index contributed by atoms with van der Waals surface area (Å²) in [6.45, 7) is 3.25. The number of halogens is 1. The minimum atomic E-state index is -0.427. The molecule has 1 amide bonds. The maximum atomic E-state index is 13.5. The smallest absolute Gasteiger partial charge is 0.255 e. The largest absolute Gasteiger partial charge is 0.411 e. The first-order chi connectivity index (χ1) is 10.0. The van der Waals surface area contributed by atoms with Gasteiger partial charge in [0.2, 0.25) is 0 Å². The topological polar surface area (TPSA) is 61.7 Å². The van der Waals surface area contributed by atoms with Crippen molar-refractivity contribution >= 4 is 17.3 Å². The van der Waals surface area contributed by atoms with Crippen LogP contribution < -0.4 is 5.32 Å². The first-order valence-corrected chi connectivity index (χ1v) is 6.38. The van der Waals surface area contributed by atoms with Crippen molar-refractivity contribution in [2.24, 2.45) is 5.16 Å². The summed E-state index contributed by atoms with van der Waals surface area (Å²) in [5.74, 6) is -0.851. The molecule has 0 unspecified atom stereocenters. The molecule has 2 N–H and O–H groups in total. The number of anilines is 1. The van der Waals surface area contributed by atoms with Crippen molar-refractivity contribution in [3.05, 3.63) is 65.0 Å². The number of carbonyl (C=O) groups excluding carboxylic acids is 1. The van der Waals surface area contributed by atoms with Crippen LogP contribution in [-0.2, 0) is 0 Å². The van der Waals surface area contributed by atoms with Gasteiger partial charge in [-0.3, -0.25) is 4.79 Å². The van der Waals surface area contributed by atoms with E-state index in [4.69, 9.17) is 5.21 Å². The lowest BCUT2D eigenvalue weighted by Crippen LogP contribution is -2.14. The summed E-state index contributed by atoms with van der Waals surface area (Å²) in [6.07, 6.45) is 0. The quantitative estimate of drug-likeness (QED) is 0.514. The van der Waals surface area contributed by atoms with Gasteiger partial charge in [0.1, 0.15) is 5.82 Å². The van der Waals surface area contributed by atoms with Crippen LogP contribution in [0.2, 0.25) is 0 Å². The molecule has 0 bridgehead atoms. The van der Waals surface area contributed by atoms with E-state index >= 15 is 0 Å². The van der Waals surface area contributed by atoms with E-state index in [1.54, 1.807) is 50.2 Å². The highest BCUT2D eigenvalue weighted by atomic mass is 19.1. The van der Waals surface area contributed by atoms with E-state index in [1.807, 2.05) is 0 Å². The van der Waals surface area contributed by atoms with E-state index in [0.717, 1.165) is 0 Å². The SMILES string of the molecule is C/C(=N\O)c1ccccc1NC(=O)c1ccc(C)c(F)c1. The van der Waals surface area contributed by atoms with Gasteiger partial charge in [-0.25, -0.2) is 4.39 Å². The van der Waals surface area contributed by atoms with Crippen LogP contribution in [0, 0.1) is 12.7 Å². The van der Waals surface area contributed by atoms with Crippen molar-refractivity contribution in [3.63, 3.8) is 0 Å². The number of carbonyl (C=O) groups is 1. The second-order valence-electron chi connectivity index (χ2n) is 4.65. The van der Waals surface area contributed by atoms with Gasteiger partial charge in [0, 0.05) is 11.1 Å². The second-order valence-corrected chi connectivity index (χ2v) is 4.65. The third-order valence-corrected chi connectivity index (χ3v) is 3.15. The lowest BCUT2D eigenvalue weighted by Gasteiger charge is -2.10. The monoisotopic (exact) mass is 286 g/mol. The van der Waals surface area contributed by atoms with Crippen LogP contribution in [0.15, 0.2) is 47.6 Å². The van der Waals surface area contributed by atoms with E-state index < -0.39 is 11.7 Å². The molecule has 21 heavy (non-hydrogen) atoms. The molecule has 2 rings (SSSR count). The van der Waals surface area contributed by atoms with Gasteiger partial charge in [0.25, 0.3) is 5.91 Å².